The van der Waals surface area contributed by atoms with E-state index in [1.807, 2.05) is 18.4 Å². The lowest BCUT2D eigenvalue weighted by molar-refractivity contribution is -0.120. The fourth-order valence-electron chi connectivity index (χ4n) is 1.38. The molecule has 1 unspecified atom stereocenters. The van der Waals surface area contributed by atoms with E-state index in [1.165, 1.54) is 22.9 Å². The first kappa shape index (κ1) is 13.2. The Bertz CT molecular complexity index is 468. The molecule has 0 fully saturated rings. The van der Waals surface area contributed by atoms with Crippen LogP contribution < -0.4 is 5.32 Å². The molecule has 1 N–H and O–H groups in total. The molecule has 0 aromatic carbocycles. The summed E-state index contributed by atoms with van der Waals surface area (Å²) >= 11 is 3.02. The molecular weight excluding hydrogens is 268 g/mol. The molecule has 0 saturated carbocycles. The molecule has 0 saturated heterocycles. The lowest BCUT2D eigenvalue weighted by Crippen LogP contribution is -2.32. The van der Waals surface area contributed by atoms with Crippen molar-refractivity contribution >= 4 is 29.0 Å². The maximum absolute atomic E-state index is 11.8. The lowest BCUT2D eigenvalue weighted by atomic mass is 10.3. The summed E-state index contributed by atoms with van der Waals surface area (Å²) in [5.41, 5.74) is 0. The molecule has 18 heavy (non-hydrogen) atoms. The fourth-order valence-corrected chi connectivity index (χ4v) is 2.82. The van der Waals surface area contributed by atoms with E-state index in [0.29, 0.717) is 11.8 Å². The number of thiophene rings is 1. The summed E-state index contributed by atoms with van der Waals surface area (Å²) in [4.78, 5) is 17.1. The van der Waals surface area contributed by atoms with Gasteiger partial charge in [0.05, 0.1) is 11.4 Å². The highest BCUT2D eigenvalue weighted by atomic mass is 32.2. The minimum atomic E-state index is -0.202. The molecule has 0 bridgehead atoms. The quantitative estimate of drug-likeness (QED) is 0.827. The molecular formula is C12H14N2O2S2. The maximum atomic E-state index is 11.8. The molecule has 0 aliphatic carbocycles. The third-order valence-corrected chi connectivity index (χ3v) is 4.21. The first-order valence-electron chi connectivity index (χ1n) is 5.62. The third-order valence-electron chi connectivity index (χ3n) is 2.31. The third kappa shape index (κ3) is 3.89. The van der Waals surface area contributed by atoms with Crippen LogP contribution in [0.15, 0.2) is 39.6 Å². The molecule has 96 valence electrons. The Labute approximate surface area is 114 Å². The summed E-state index contributed by atoms with van der Waals surface area (Å²) in [6.07, 6.45) is 3.95. The first-order valence-corrected chi connectivity index (χ1v) is 7.38. The fraction of sp³-hybridized carbons (Fsp3) is 0.333. The molecule has 2 aromatic rings. The average molecular weight is 282 g/mol. The number of thioether (sulfide) groups is 1. The summed E-state index contributed by atoms with van der Waals surface area (Å²) in [5, 5.41) is 5.27. The molecule has 4 nitrogen and oxygen atoms in total. The summed E-state index contributed by atoms with van der Waals surface area (Å²) in [6.45, 7) is 2.51. The SMILES string of the molecule is CC(Sc1ncco1)C(=O)NCCc1cccs1. The predicted octanol–water partition coefficient (Wildman–Crippen LogP) is 2.58. The monoisotopic (exact) mass is 282 g/mol. The molecule has 0 radical (unpaired) electrons. The van der Waals surface area contributed by atoms with Crippen molar-refractivity contribution in [1.82, 2.24) is 10.3 Å². The van der Waals surface area contributed by atoms with Gasteiger partial charge in [0.1, 0.15) is 6.26 Å². The second kappa shape index (κ2) is 6.61. The lowest BCUT2D eigenvalue weighted by Gasteiger charge is -2.09. The van der Waals surface area contributed by atoms with Crippen molar-refractivity contribution in [1.29, 1.82) is 0 Å². The molecule has 2 rings (SSSR count). The standard InChI is InChI=1S/C12H14N2O2S2/c1-9(18-12-14-6-7-16-12)11(15)13-5-4-10-3-2-8-17-10/h2-3,6-9H,4-5H2,1H3,(H,13,15). The van der Waals surface area contributed by atoms with Crippen LogP contribution in [-0.2, 0) is 11.2 Å². The average Bonchev–Trinajstić information content (AvgIpc) is 3.01. The molecule has 6 heteroatoms. The van der Waals surface area contributed by atoms with Gasteiger partial charge in [0.15, 0.2) is 0 Å². The summed E-state index contributed by atoms with van der Waals surface area (Å²) in [5.74, 6) is 0.00903. The second-order valence-corrected chi connectivity index (χ2v) is 6.00. The Morgan fingerprint density at radius 1 is 1.67 bits per heavy atom. The van der Waals surface area contributed by atoms with E-state index in [-0.39, 0.29) is 11.2 Å². The van der Waals surface area contributed by atoms with Crippen molar-refractivity contribution in [2.75, 3.05) is 6.54 Å². The Hall–Kier alpha value is -1.27. The van der Waals surface area contributed by atoms with Gasteiger partial charge in [-0.3, -0.25) is 4.79 Å². The van der Waals surface area contributed by atoms with Crippen LogP contribution in [0.3, 0.4) is 0 Å². The van der Waals surface area contributed by atoms with Gasteiger partial charge in [0, 0.05) is 11.4 Å². The van der Waals surface area contributed by atoms with Crippen LogP contribution in [-0.4, -0.2) is 22.7 Å². The first-order chi connectivity index (χ1) is 8.75. The number of hydrogen-bond donors (Lipinski definition) is 1. The van der Waals surface area contributed by atoms with Crippen molar-refractivity contribution < 1.29 is 9.21 Å². The van der Waals surface area contributed by atoms with E-state index in [4.69, 9.17) is 4.42 Å². The van der Waals surface area contributed by atoms with Gasteiger partial charge in [0.2, 0.25) is 5.91 Å². The Balaban J connectivity index is 1.70. The van der Waals surface area contributed by atoms with Crippen LogP contribution in [0.2, 0.25) is 0 Å². The number of nitrogens with zero attached hydrogens (tertiary/aromatic N) is 1. The number of nitrogens with one attached hydrogen (secondary N) is 1. The zero-order valence-corrected chi connectivity index (χ0v) is 11.6. The van der Waals surface area contributed by atoms with E-state index in [9.17, 15) is 4.79 Å². The van der Waals surface area contributed by atoms with Crippen LogP contribution >= 0.6 is 23.1 Å². The molecule has 1 atom stereocenters. The number of aromatic nitrogens is 1. The predicted molar refractivity (Wildman–Crippen MR) is 72.9 cm³/mol. The van der Waals surface area contributed by atoms with E-state index >= 15 is 0 Å². The minimum Gasteiger partial charge on any atom is -0.440 e. The number of rotatable bonds is 6. The molecule has 2 aromatic heterocycles. The van der Waals surface area contributed by atoms with Crippen molar-refractivity contribution in [3.63, 3.8) is 0 Å². The Kier molecular flexibility index (Phi) is 4.83. The van der Waals surface area contributed by atoms with E-state index in [0.717, 1.165) is 6.42 Å². The summed E-state index contributed by atoms with van der Waals surface area (Å²) in [6, 6.07) is 4.09. The molecule has 0 spiro atoms. The van der Waals surface area contributed by atoms with Crippen molar-refractivity contribution in [3.8, 4) is 0 Å². The van der Waals surface area contributed by atoms with Gasteiger partial charge < -0.3 is 9.73 Å². The van der Waals surface area contributed by atoms with Gasteiger partial charge in [-0.2, -0.15) is 0 Å². The van der Waals surface area contributed by atoms with Crippen LogP contribution in [0, 0.1) is 0 Å². The van der Waals surface area contributed by atoms with Crippen molar-refractivity contribution in [2.24, 2.45) is 0 Å². The Morgan fingerprint density at radius 2 is 2.56 bits per heavy atom. The highest BCUT2D eigenvalue weighted by Crippen LogP contribution is 2.20. The molecule has 0 aliphatic heterocycles. The minimum absolute atomic E-state index is 0.00903. The zero-order valence-electron chi connectivity index (χ0n) is 9.96. The van der Waals surface area contributed by atoms with Gasteiger partial charge in [-0.25, -0.2) is 4.98 Å². The van der Waals surface area contributed by atoms with Crippen molar-refractivity contribution in [3.05, 3.63) is 34.8 Å². The topological polar surface area (TPSA) is 55.1 Å². The van der Waals surface area contributed by atoms with Crippen LogP contribution in [0.4, 0.5) is 0 Å². The molecule has 0 aliphatic rings. The molecule has 2 heterocycles. The number of carbonyl (C=O) groups is 1. The van der Waals surface area contributed by atoms with Gasteiger partial charge in [-0.1, -0.05) is 17.8 Å². The number of oxazole rings is 1. The van der Waals surface area contributed by atoms with Crippen molar-refractivity contribution in [2.45, 2.75) is 23.8 Å². The Morgan fingerprint density at radius 3 is 3.22 bits per heavy atom. The van der Waals surface area contributed by atoms with Gasteiger partial charge in [-0.15, -0.1) is 11.3 Å². The number of carbonyl (C=O) groups excluding carboxylic acids is 1. The normalized spacial score (nSPS) is 12.3. The highest BCUT2D eigenvalue weighted by Gasteiger charge is 2.15. The highest BCUT2D eigenvalue weighted by molar-refractivity contribution is 8.00. The maximum Gasteiger partial charge on any atom is 0.256 e. The van der Waals surface area contributed by atoms with Gasteiger partial charge in [0.25, 0.3) is 5.22 Å². The van der Waals surface area contributed by atoms with Gasteiger partial charge in [-0.05, 0) is 24.8 Å². The zero-order chi connectivity index (χ0) is 12.8. The summed E-state index contributed by atoms with van der Waals surface area (Å²) in [7, 11) is 0. The molecule has 1 amide bonds. The van der Waals surface area contributed by atoms with E-state index in [1.54, 1.807) is 17.5 Å². The second-order valence-electron chi connectivity index (χ2n) is 3.68. The summed E-state index contributed by atoms with van der Waals surface area (Å²) < 4.78 is 5.09. The number of hydrogen-bond acceptors (Lipinski definition) is 5. The van der Waals surface area contributed by atoms with E-state index in [2.05, 4.69) is 16.4 Å². The van der Waals surface area contributed by atoms with Gasteiger partial charge >= 0.3 is 0 Å². The largest absolute Gasteiger partial charge is 0.440 e. The van der Waals surface area contributed by atoms with E-state index < -0.39 is 0 Å². The van der Waals surface area contributed by atoms with Crippen LogP contribution in [0.25, 0.3) is 0 Å². The number of amides is 1. The van der Waals surface area contributed by atoms with Crippen LogP contribution in [0.5, 0.6) is 0 Å². The smallest absolute Gasteiger partial charge is 0.256 e. The van der Waals surface area contributed by atoms with Crippen LogP contribution in [0.1, 0.15) is 11.8 Å².